The summed E-state index contributed by atoms with van der Waals surface area (Å²) in [5.74, 6) is -0.337. The molecule has 1 aliphatic heterocycles. The van der Waals surface area contributed by atoms with Crippen molar-refractivity contribution in [2.45, 2.75) is 76.6 Å². The molecular formula is C19H31NO6. The van der Waals surface area contributed by atoms with Crippen LogP contribution in [-0.4, -0.2) is 58.4 Å². The molecule has 0 aromatic carbocycles. The van der Waals surface area contributed by atoms with E-state index in [-0.39, 0.29) is 35.0 Å². The number of hydrogen-bond acceptors (Lipinski definition) is 7. The van der Waals surface area contributed by atoms with Crippen molar-refractivity contribution in [2.24, 2.45) is 11.7 Å². The Labute approximate surface area is 154 Å². The van der Waals surface area contributed by atoms with Crippen molar-refractivity contribution < 1.29 is 29.6 Å². The van der Waals surface area contributed by atoms with Gasteiger partial charge >= 0.3 is 0 Å². The van der Waals surface area contributed by atoms with E-state index in [1.807, 2.05) is 0 Å². The highest BCUT2D eigenvalue weighted by molar-refractivity contribution is 5.93. The fourth-order valence-corrected chi connectivity index (χ4v) is 3.66. The van der Waals surface area contributed by atoms with Gasteiger partial charge in [-0.3, -0.25) is 4.79 Å². The molecule has 0 bridgehead atoms. The van der Waals surface area contributed by atoms with Crippen LogP contribution in [0.25, 0.3) is 0 Å². The number of aliphatic hydroxyl groups excluding tert-OH is 3. The van der Waals surface area contributed by atoms with E-state index in [0.29, 0.717) is 0 Å². The Bertz CT molecular complexity index is 552. The van der Waals surface area contributed by atoms with Crippen LogP contribution in [0.4, 0.5) is 0 Å². The van der Waals surface area contributed by atoms with Crippen molar-refractivity contribution in [1.82, 2.24) is 0 Å². The molecule has 7 heteroatoms. The second kappa shape index (κ2) is 9.10. The van der Waals surface area contributed by atoms with Gasteiger partial charge in [-0.05, 0) is 32.6 Å². The minimum Gasteiger partial charge on any atom is -0.507 e. The summed E-state index contributed by atoms with van der Waals surface area (Å²) in [6.45, 7) is 6.13. The van der Waals surface area contributed by atoms with Crippen molar-refractivity contribution in [3.05, 3.63) is 23.5 Å². The summed E-state index contributed by atoms with van der Waals surface area (Å²) in [6.07, 6.45) is 1.65. The van der Waals surface area contributed by atoms with Crippen LogP contribution in [0.2, 0.25) is 0 Å². The zero-order valence-electron chi connectivity index (χ0n) is 15.6. The molecule has 0 aromatic rings. The largest absolute Gasteiger partial charge is 0.507 e. The molecule has 1 saturated carbocycles. The number of nitrogens with two attached hydrogens (primary N) is 1. The monoisotopic (exact) mass is 369 g/mol. The topological polar surface area (TPSA) is 122 Å². The Kier molecular flexibility index (Phi) is 7.37. The number of ketones is 1. The summed E-state index contributed by atoms with van der Waals surface area (Å²) in [5.41, 5.74) is 6.33. The summed E-state index contributed by atoms with van der Waals surface area (Å²) in [5, 5.41) is 30.2. The van der Waals surface area contributed by atoms with Gasteiger partial charge in [0.1, 0.15) is 11.9 Å². The van der Waals surface area contributed by atoms with E-state index in [2.05, 4.69) is 6.58 Å². The molecule has 5 N–H and O–H groups in total. The Morgan fingerprint density at radius 1 is 1.35 bits per heavy atom. The van der Waals surface area contributed by atoms with Crippen LogP contribution in [0.5, 0.6) is 0 Å². The summed E-state index contributed by atoms with van der Waals surface area (Å²) in [7, 11) is 0. The lowest BCUT2D eigenvalue weighted by molar-refractivity contribution is -0.252. The van der Waals surface area contributed by atoms with Gasteiger partial charge in [0.25, 0.3) is 0 Å². The zero-order chi connectivity index (χ0) is 19.4. The van der Waals surface area contributed by atoms with Gasteiger partial charge in [-0.1, -0.05) is 19.4 Å². The van der Waals surface area contributed by atoms with E-state index in [9.17, 15) is 20.1 Å². The molecule has 5 atom stereocenters. The van der Waals surface area contributed by atoms with Gasteiger partial charge in [-0.25, -0.2) is 0 Å². The number of aliphatic hydroxyl groups is 3. The van der Waals surface area contributed by atoms with Crippen LogP contribution in [0, 0.1) is 5.92 Å². The molecule has 0 amide bonds. The van der Waals surface area contributed by atoms with Gasteiger partial charge in [0.2, 0.25) is 0 Å². The minimum atomic E-state index is -0.930. The maximum atomic E-state index is 11.4. The van der Waals surface area contributed by atoms with E-state index >= 15 is 0 Å². The van der Waals surface area contributed by atoms with Crippen LogP contribution in [0.3, 0.4) is 0 Å². The first kappa shape index (κ1) is 21.1. The summed E-state index contributed by atoms with van der Waals surface area (Å²) in [4.78, 5) is 11.4. The van der Waals surface area contributed by atoms with Crippen LogP contribution in [-0.2, 0) is 14.3 Å². The van der Waals surface area contributed by atoms with Gasteiger partial charge in [-0.15, -0.1) is 0 Å². The zero-order valence-corrected chi connectivity index (χ0v) is 15.6. The van der Waals surface area contributed by atoms with E-state index in [1.165, 1.54) is 13.8 Å². The second-order valence-electron chi connectivity index (χ2n) is 7.33. The number of allylic oxidation sites excluding steroid dienone is 1. The fraction of sp³-hybridized carbons (Fsp3) is 0.737. The maximum Gasteiger partial charge on any atom is 0.160 e. The number of hydrogen-bond donors (Lipinski definition) is 4. The maximum absolute atomic E-state index is 11.4. The molecule has 26 heavy (non-hydrogen) atoms. The molecule has 2 aliphatic rings. The van der Waals surface area contributed by atoms with Crippen LogP contribution >= 0.6 is 0 Å². The first-order valence-electron chi connectivity index (χ1n) is 9.21. The van der Waals surface area contributed by atoms with Crippen molar-refractivity contribution in [1.29, 1.82) is 0 Å². The van der Waals surface area contributed by atoms with Gasteiger partial charge in [0, 0.05) is 23.6 Å². The predicted molar refractivity (Wildman–Crippen MR) is 96.3 cm³/mol. The highest BCUT2D eigenvalue weighted by Gasteiger charge is 2.42. The van der Waals surface area contributed by atoms with E-state index < -0.39 is 37.3 Å². The van der Waals surface area contributed by atoms with Crippen molar-refractivity contribution in [3.63, 3.8) is 0 Å². The number of rotatable bonds is 7. The lowest BCUT2D eigenvalue weighted by Gasteiger charge is -2.41. The van der Waals surface area contributed by atoms with Crippen molar-refractivity contribution >= 4 is 5.78 Å². The molecule has 148 valence electrons. The van der Waals surface area contributed by atoms with Crippen LogP contribution in [0.15, 0.2) is 23.5 Å². The van der Waals surface area contributed by atoms with Crippen LogP contribution in [0.1, 0.15) is 46.0 Å². The van der Waals surface area contributed by atoms with Crippen LogP contribution < -0.4 is 5.73 Å². The number of carbonyl (C=O) groups excluding carboxylic acids is 1. The average molecular weight is 369 g/mol. The Morgan fingerprint density at radius 3 is 2.50 bits per heavy atom. The smallest absolute Gasteiger partial charge is 0.160 e. The Morgan fingerprint density at radius 2 is 1.96 bits per heavy atom. The van der Waals surface area contributed by atoms with E-state index in [0.717, 1.165) is 25.7 Å². The quantitative estimate of drug-likeness (QED) is 0.303. The van der Waals surface area contributed by atoms with Gasteiger partial charge in [0.15, 0.2) is 12.1 Å². The summed E-state index contributed by atoms with van der Waals surface area (Å²) < 4.78 is 11.7. The fourth-order valence-electron chi connectivity index (χ4n) is 3.66. The Hall–Kier alpha value is -1.25. The number of ether oxygens (including phenoxy) is 2. The normalized spacial score (nSPS) is 32.2. The molecule has 1 unspecified atom stereocenters. The molecule has 0 spiro atoms. The minimum absolute atomic E-state index is 0.112. The highest BCUT2D eigenvalue weighted by Crippen LogP contribution is 2.35. The van der Waals surface area contributed by atoms with Crippen molar-refractivity contribution in [3.8, 4) is 0 Å². The summed E-state index contributed by atoms with van der Waals surface area (Å²) in [6, 6.07) is -0.491. The van der Waals surface area contributed by atoms with Gasteiger partial charge in [0.05, 0.1) is 18.8 Å². The molecule has 2 rings (SSSR count). The van der Waals surface area contributed by atoms with Gasteiger partial charge < -0.3 is 30.5 Å². The molecule has 7 nitrogen and oxygen atoms in total. The summed E-state index contributed by atoms with van der Waals surface area (Å²) >= 11 is 0. The standard InChI is InChI=1S/C19H31NO6/c1-10(12(3)22)17(23)11(2)15(9-21)25-16-8-14(20)18(24)19(26-16)13-6-4-5-7-13/h13-16,18-19,21,23-24H,2,4-9,20H2,1,3H3/b17-10-/t14-,15-,16?,18-,19-/m0/s1. The Balaban J connectivity index is 2.08. The number of carbonyl (C=O) groups is 1. The van der Waals surface area contributed by atoms with Gasteiger partial charge in [-0.2, -0.15) is 0 Å². The molecule has 1 heterocycles. The third kappa shape index (κ3) is 4.72. The number of Topliss-reactive ketones (excluding diaryl/α,β-unsaturated/α-hetero) is 1. The molecule has 0 radical (unpaired) electrons. The first-order chi connectivity index (χ1) is 12.3. The first-order valence-corrected chi connectivity index (χ1v) is 9.21. The predicted octanol–water partition coefficient (Wildman–Crippen LogP) is 1.33. The SMILES string of the molecule is C=C(/C(O)=C(\C)C(C)=O)[C@H](CO)OC1C[C@H](N)[C@H](O)[C@H](C2CCCC2)O1. The molecular weight excluding hydrogens is 338 g/mol. The molecule has 1 saturated heterocycles. The van der Waals surface area contributed by atoms with Crippen molar-refractivity contribution in [2.75, 3.05) is 6.61 Å². The van der Waals surface area contributed by atoms with E-state index in [4.69, 9.17) is 15.2 Å². The highest BCUT2D eigenvalue weighted by atomic mass is 16.7. The van der Waals surface area contributed by atoms with E-state index in [1.54, 1.807) is 0 Å². The average Bonchev–Trinajstić information content (AvgIpc) is 3.14. The third-order valence-corrected chi connectivity index (χ3v) is 5.47. The molecule has 2 fully saturated rings. The lowest BCUT2D eigenvalue weighted by Crippen LogP contribution is -2.55. The third-order valence-electron chi connectivity index (χ3n) is 5.47. The molecule has 0 aromatic heterocycles. The lowest BCUT2D eigenvalue weighted by atomic mass is 9.89. The second-order valence-corrected chi connectivity index (χ2v) is 7.33. The molecule has 1 aliphatic carbocycles.